The van der Waals surface area contributed by atoms with Gasteiger partial charge in [-0.3, -0.25) is 9.36 Å². The maximum atomic E-state index is 12.2. The molecule has 0 fully saturated rings. The lowest BCUT2D eigenvalue weighted by Gasteiger charge is -2.07. The van der Waals surface area contributed by atoms with Crippen LogP contribution in [0.3, 0.4) is 0 Å². The molecule has 0 atom stereocenters. The summed E-state index contributed by atoms with van der Waals surface area (Å²) in [5.74, 6) is 0.111. The Balaban J connectivity index is 2.30. The number of nitrogens with zero attached hydrogens (tertiary/aromatic N) is 2. The molecule has 5 nitrogen and oxygen atoms in total. The quantitative estimate of drug-likeness (QED) is 0.819. The molecule has 0 saturated carbocycles. The number of rotatable bonds is 5. The van der Waals surface area contributed by atoms with E-state index < -0.39 is 9.84 Å². The second-order valence-corrected chi connectivity index (χ2v) is 7.78. The van der Waals surface area contributed by atoms with Crippen LogP contribution in [-0.4, -0.2) is 29.5 Å². The molecule has 1 heterocycles. The van der Waals surface area contributed by atoms with Gasteiger partial charge < -0.3 is 0 Å². The van der Waals surface area contributed by atoms with Crippen molar-refractivity contribution in [3.63, 3.8) is 0 Å². The van der Waals surface area contributed by atoms with Gasteiger partial charge >= 0.3 is 0 Å². The van der Waals surface area contributed by atoms with E-state index in [4.69, 9.17) is 0 Å². The summed E-state index contributed by atoms with van der Waals surface area (Å²) in [7, 11) is -3.10. The Morgan fingerprint density at radius 1 is 1.30 bits per heavy atom. The Hall–Kier alpha value is -1.21. The monoisotopic (exact) mass is 358 g/mol. The van der Waals surface area contributed by atoms with Gasteiger partial charge in [0, 0.05) is 16.8 Å². The molecule has 20 heavy (non-hydrogen) atoms. The largest absolute Gasteiger partial charge is 0.298 e. The summed E-state index contributed by atoms with van der Waals surface area (Å²) in [5.41, 5.74) is 0.381. The molecule has 1 aromatic carbocycles. The van der Waals surface area contributed by atoms with Crippen LogP contribution in [0.2, 0.25) is 0 Å². The molecule has 0 aliphatic heterocycles. The van der Waals surface area contributed by atoms with Gasteiger partial charge in [-0.15, -0.1) is 0 Å². The number of sulfone groups is 1. The van der Waals surface area contributed by atoms with Crippen LogP contribution in [0.1, 0.15) is 13.3 Å². The summed E-state index contributed by atoms with van der Waals surface area (Å²) >= 11 is 3.32. The molecule has 108 valence electrons. The van der Waals surface area contributed by atoms with Crippen molar-refractivity contribution >= 4 is 36.7 Å². The molecule has 2 rings (SSSR count). The third kappa shape index (κ3) is 3.46. The van der Waals surface area contributed by atoms with Gasteiger partial charge in [-0.1, -0.05) is 22.9 Å². The first-order valence-corrected chi connectivity index (χ1v) is 8.89. The highest BCUT2D eigenvalue weighted by Gasteiger charge is 2.11. The van der Waals surface area contributed by atoms with E-state index in [2.05, 4.69) is 20.9 Å². The summed E-state index contributed by atoms with van der Waals surface area (Å²) in [6.07, 6.45) is 1.99. The normalized spacial score (nSPS) is 11.9. The van der Waals surface area contributed by atoms with Crippen LogP contribution in [0, 0.1) is 0 Å². The summed E-state index contributed by atoms with van der Waals surface area (Å²) in [6, 6.07) is 5.21. The van der Waals surface area contributed by atoms with E-state index >= 15 is 0 Å². The number of fused-ring (bicyclic) bond motifs is 1. The van der Waals surface area contributed by atoms with Gasteiger partial charge in [0.1, 0.15) is 0 Å². The number of hydrogen-bond acceptors (Lipinski definition) is 4. The Labute approximate surface area is 125 Å². The lowest BCUT2D eigenvalue weighted by molar-refractivity contribution is 0.585. The van der Waals surface area contributed by atoms with Gasteiger partial charge in [-0.25, -0.2) is 13.4 Å². The van der Waals surface area contributed by atoms with Crippen LogP contribution in [0.25, 0.3) is 10.9 Å². The molecule has 2 aromatic rings. The molecule has 0 saturated heterocycles. The molecule has 0 radical (unpaired) electrons. The first kappa shape index (κ1) is 15.2. The van der Waals surface area contributed by atoms with E-state index in [9.17, 15) is 13.2 Å². The number of hydrogen-bond donors (Lipinski definition) is 0. The predicted molar refractivity (Wildman–Crippen MR) is 82.6 cm³/mol. The third-order valence-electron chi connectivity index (χ3n) is 2.95. The van der Waals surface area contributed by atoms with E-state index in [1.165, 1.54) is 10.9 Å². The third-order valence-corrected chi connectivity index (χ3v) is 5.27. The van der Waals surface area contributed by atoms with Crippen LogP contribution in [0.15, 0.2) is 33.8 Å². The molecule has 0 aliphatic carbocycles. The maximum absolute atomic E-state index is 12.2. The van der Waals surface area contributed by atoms with Crippen molar-refractivity contribution in [2.75, 3.05) is 11.5 Å². The van der Waals surface area contributed by atoms with Crippen molar-refractivity contribution in [3.05, 3.63) is 39.4 Å². The zero-order chi connectivity index (χ0) is 14.8. The highest BCUT2D eigenvalue weighted by Crippen LogP contribution is 2.14. The van der Waals surface area contributed by atoms with Crippen molar-refractivity contribution < 1.29 is 8.42 Å². The fourth-order valence-corrected chi connectivity index (χ4v) is 3.59. The van der Waals surface area contributed by atoms with E-state index in [0.29, 0.717) is 17.3 Å². The first-order chi connectivity index (χ1) is 9.43. The van der Waals surface area contributed by atoms with Crippen molar-refractivity contribution in [1.82, 2.24) is 9.55 Å². The van der Waals surface area contributed by atoms with E-state index in [-0.39, 0.29) is 23.6 Å². The average Bonchev–Trinajstić information content (AvgIpc) is 2.37. The van der Waals surface area contributed by atoms with Crippen LogP contribution in [0.5, 0.6) is 0 Å². The fourth-order valence-electron chi connectivity index (χ4n) is 1.94. The van der Waals surface area contributed by atoms with E-state index in [1.54, 1.807) is 18.2 Å². The molecule has 0 unspecified atom stereocenters. The molecule has 0 N–H and O–H groups in total. The topological polar surface area (TPSA) is 69.0 Å². The molecule has 0 aliphatic rings. The van der Waals surface area contributed by atoms with E-state index in [1.807, 2.05) is 6.92 Å². The maximum Gasteiger partial charge on any atom is 0.261 e. The Morgan fingerprint density at radius 2 is 2.05 bits per heavy atom. The number of aryl methyl sites for hydroxylation is 1. The lowest BCUT2D eigenvalue weighted by atomic mass is 10.2. The zero-order valence-corrected chi connectivity index (χ0v) is 13.4. The highest BCUT2D eigenvalue weighted by molar-refractivity contribution is 9.10. The number of benzene rings is 1. The molecular formula is C13H15BrN2O3S. The van der Waals surface area contributed by atoms with Crippen molar-refractivity contribution in [3.8, 4) is 0 Å². The predicted octanol–water partition coefficient (Wildman–Crippen LogP) is 1.98. The van der Waals surface area contributed by atoms with E-state index in [0.717, 1.165) is 4.47 Å². The van der Waals surface area contributed by atoms with Crippen molar-refractivity contribution in [2.45, 2.75) is 19.9 Å². The molecule has 1 aromatic heterocycles. The Bertz CT molecular complexity index is 784. The summed E-state index contributed by atoms with van der Waals surface area (Å²) in [4.78, 5) is 16.4. The van der Waals surface area contributed by atoms with Gasteiger partial charge in [-0.2, -0.15) is 0 Å². The van der Waals surface area contributed by atoms with Gasteiger partial charge in [0.15, 0.2) is 9.84 Å². The summed E-state index contributed by atoms with van der Waals surface area (Å²) in [5, 5.41) is 0.489. The molecule has 0 spiro atoms. The van der Waals surface area contributed by atoms with Crippen LogP contribution < -0.4 is 5.56 Å². The second kappa shape index (κ2) is 6.05. The fraction of sp³-hybridized carbons (Fsp3) is 0.385. The summed E-state index contributed by atoms with van der Waals surface area (Å²) in [6.45, 7) is 1.96. The lowest BCUT2D eigenvalue weighted by Crippen LogP contribution is -2.25. The number of aromatic nitrogens is 2. The van der Waals surface area contributed by atoms with Gasteiger partial charge in [-0.05, 0) is 24.6 Å². The molecule has 0 amide bonds. The smallest absolute Gasteiger partial charge is 0.261 e. The SMILES string of the molecule is CCCS(=O)(=O)CCn1cnc2cc(Br)ccc2c1=O. The minimum atomic E-state index is -3.10. The van der Waals surface area contributed by atoms with Crippen LogP contribution in [-0.2, 0) is 16.4 Å². The standard InChI is InChI=1S/C13H15BrN2O3S/c1-2-6-20(18,19)7-5-16-9-15-12-8-10(14)3-4-11(12)13(16)17/h3-4,8-9H,2,5-7H2,1H3. The summed E-state index contributed by atoms with van der Waals surface area (Å²) < 4.78 is 25.6. The Morgan fingerprint density at radius 3 is 2.75 bits per heavy atom. The zero-order valence-electron chi connectivity index (χ0n) is 11.0. The number of halogens is 1. The first-order valence-electron chi connectivity index (χ1n) is 6.28. The minimum absolute atomic E-state index is 0.0372. The van der Waals surface area contributed by atoms with Crippen molar-refractivity contribution in [2.24, 2.45) is 0 Å². The van der Waals surface area contributed by atoms with Gasteiger partial charge in [0.05, 0.1) is 23.0 Å². The van der Waals surface area contributed by atoms with Gasteiger partial charge in [0.2, 0.25) is 0 Å². The van der Waals surface area contributed by atoms with Crippen LogP contribution in [0.4, 0.5) is 0 Å². The second-order valence-electron chi connectivity index (χ2n) is 4.56. The average molecular weight is 359 g/mol. The Kier molecular flexibility index (Phi) is 4.59. The molecule has 7 heteroatoms. The molecule has 0 bridgehead atoms. The highest BCUT2D eigenvalue weighted by atomic mass is 79.9. The minimum Gasteiger partial charge on any atom is -0.298 e. The van der Waals surface area contributed by atoms with Crippen LogP contribution >= 0.6 is 15.9 Å². The van der Waals surface area contributed by atoms with Crippen molar-refractivity contribution in [1.29, 1.82) is 0 Å². The molecular weight excluding hydrogens is 344 g/mol. The van der Waals surface area contributed by atoms with Gasteiger partial charge in [0.25, 0.3) is 5.56 Å².